The molecule has 1 aromatic heterocycles. The van der Waals surface area contributed by atoms with Gasteiger partial charge in [0, 0.05) is 6.04 Å². The molecule has 0 aliphatic heterocycles. The van der Waals surface area contributed by atoms with Crippen molar-refractivity contribution in [3.63, 3.8) is 0 Å². The molecule has 0 saturated carbocycles. The van der Waals surface area contributed by atoms with Gasteiger partial charge in [-0.15, -0.1) is 0 Å². The highest BCUT2D eigenvalue weighted by Gasteiger charge is 2.20. The van der Waals surface area contributed by atoms with Crippen molar-refractivity contribution in [1.82, 2.24) is 15.1 Å². The molecule has 1 rings (SSSR count). The maximum Gasteiger partial charge on any atom is 0.0834 e. The molecule has 0 fully saturated rings. The van der Waals surface area contributed by atoms with Gasteiger partial charge in [-0.1, -0.05) is 25.4 Å². The molecule has 1 aromatic rings. The Labute approximate surface area is 110 Å². The summed E-state index contributed by atoms with van der Waals surface area (Å²) >= 11 is 6.25. The lowest BCUT2D eigenvalue weighted by Crippen LogP contribution is -2.22. The van der Waals surface area contributed by atoms with Crippen LogP contribution in [0.5, 0.6) is 0 Å². The Morgan fingerprint density at radius 2 is 1.94 bits per heavy atom. The number of halogens is 1. The SMILES string of the molecule is CNC(CCC(C)C)c1c(Cl)cnn1C(C)C. The van der Waals surface area contributed by atoms with E-state index in [4.69, 9.17) is 11.6 Å². The molecule has 1 heterocycles. The van der Waals surface area contributed by atoms with Gasteiger partial charge in [0.15, 0.2) is 0 Å². The molecular weight excluding hydrogens is 234 g/mol. The first-order chi connectivity index (χ1) is 7.97. The predicted octanol–water partition coefficient (Wildman–Crippen LogP) is 3.81. The van der Waals surface area contributed by atoms with Crippen LogP contribution in [-0.4, -0.2) is 16.8 Å². The molecule has 98 valence electrons. The molecule has 1 unspecified atom stereocenters. The highest BCUT2D eigenvalue weighted by atomic mass is 35.5. The van der Waals surface area contributed by atoms with E-state index in [1.165, 1.54) is 6.42 Å². The number of hydrogen-bond acceptors (Lipinski definition) is 2. The molecule has 0 spiro atoms. The Morgan fingerprint density at radius 3 is 2.41 bits per heavy atom. The minimum absolute atomic E-state index is 0.287. The van der Waals surface area contributed by atoms with Crippen molar-refractivity contribution in [2.75, 3.05) is 7.05 Å². The van der Waals surface area contributed by atoms with E-state index in [9.17, 15) is 0 Å². The van der Waals surface area contributed by atoms with Gasteiger partial charge < -0.3 is 5.32 Å². The predicted molar refractivity (Wildman–Crippen MR) is 73.5 cm³/mol. The van der Waals surface area contributed by atoms with Gasteiger partial charge in [0.25, 0.3) is 0 Å². The molecular formula is C13H24ClN3. The summed E-state index contributed by atoms with van der Waals surface area (Å²) in [5.41, 5.74) is 1.12. The fourth-order valence-electron chi connectivity index (χ4n) is 2.01. The van der Waals surface area contributed by atoms with Crippen LogP contribution >= 0.6 is 11.6 Å². The molecule has 0 radical (unpaired) electrons. The average molecular weight is 258 g/mol. The van der Waals surface area contributed by atoms with E-state index >= 15 is 0 Å². The maximum absolute atomic E-state index is 6.25. The second-order valence-electron chi connectivity index (χ2n) is 5.23. The second-order valence-corrected chi connectivity index (χ2v) is 5.64. The van der Waals surface area contributed by atoms with Crippen molar-refractivity contribution in [2.45, 2.75) is 52.6 Å². The van der Waals surface area contributed by atoms with E-state index in [2.05, 4.69) is 38.1 Å². The minimum Gasteiger partial charge on any atom is -0.312 e. The van der Waals surface area contributed by atoms with Crippen LogP contribution in [0.25, 0.3) is 0 Å². The third-order valence-corrected chi connectivity index (χ3v) is 3.28. The summed E-state index contributed by atoms with van der Waals surface area (Å²) in [6, 6.07) is 0.627. The van der Waals surface area contributed by atoms with Crippen LogP contribution in [0, 0.1) is 5.92 Å². The van der Waals surface area contributed by atoms with Crippen molar-refractivity contribution in [3.05, 3.63) is 16.9 Å². The van der Waals surface area contributed by atoms with Crippen molar-refractivity contribution >= 4 is 11.6 Å². The molecule has 0 saturated heterocycles. The lowest BCUT2D eigenvalue weighted by Gasteiger charge is -2.21. The first kappa shape index (κ1) is 14.5. The largest absolute Gasteiger partial charge is 0.312 e. The zero-order chi connectivity index (χ0) is 13.0. The van der Waals surface area contributed by atoms with Crippen LogP contribution < -0.4 is 5.32 Å². The molecule has 0 aliphatic rings. The average Bonchev–Trinajstić information content (AvgIpc) is 2.62. The molecule has 0 aliphatic carbocycles. The zero-order valence-corrected chi connectivity index (χ0v) is 12.3. The molecule has 0 aromatic carbocycles. The van der Waals surface area contributed by atoms with Gasteiger partial charge in [0.1, 0.15) is 0 Å². The molecule has 4 heteroatoms. The zero-order valence-electron chi connectivity index (χ0n) is 11.5. The first-order valence-electron chi connectivity index (χ1n) is 6.37. The summed E-state index contributed by atoms with van der Waals surface area (Å²) in [5, 5.41) is 8.47. The van der Waals surface area contributed by atoms with Crippen LogP contribution in [0.4, 0.5) is 0 Å². The standard InChI is InChI=1S/C13H24ClN3/c1-9(2)6-7-12(15-5)13-11(14)8-16-17(13)10(3)4/h8-10,12,15H,6-7H2,1-5H3. The summed E-state index contributed by atoms with van der Waals surface area (Å²) in [7, 11) is 1.99. The third-order valence-electron chi connectivity index (χ3n) is 2.99. The van der Waals surface area contributed by atoms with E-state index in [1.54, 1.807) is 6.20 Å². The number of aromatic nitrogens is 2. The third kappa shape index (κ3) is 3.71. The van der Waals surface area contributed by atoms with E-state index in [0.717, 1.165) is 17.1 Å². The summed E-state index contributed by atoms with van der Waals surface area (Å²) < 4.78 is 2.02. The number of rotatable bonds is 6. The maximum atomic E-state index is 6.25. The lowest BCUT2D eigenvalue weighted by molar-refractivity contribution is 0.416. The normalized spacial score (nSPS) is 13.6. The Bertz CT molecular complexity index is 344. The van der Waals surface area contributed by atoms with Crippen LogP contribution in [0.3, 0.4) is 0 Å². The second kappa shape index (κ2) is 6.41. The van der Waals surface area contributed by atoms with Gasteiger partial charge in [0.2, 0.25) is 0 Å². The quantitative estimate of drug-likeness (QED) is 0.840. The smallest absolute Gasteiger partial charge is 0.0834 e. The highest BCUT2D eigenvalue weighted by Crippen LogP contribution is 2.29. The fraction of sp³-hybridized carbons (Fsp3) is 0.769. The monoisotopic (exact) mass is 257 g/mol. The topological polar surface area (TPSA) is 29.9 Å². The first-order valence-corrected chi connectivity index (χ1v) is 6.75. The van der Waals surface area contributed by atoms with Crippen LogP contribution in [0.2, 0.25) is 5.02 Å². The fourth-order valence-corrected chi connectivity index (χ4v) is 2.27. The molecule has 0 bridgehead atoms. The molecule has 1 atom stereocenters. The summed E-state index contributed by atoms with van der Waals surface area (Å²) in [6.07, 6.45) is 4.02. The number of hydrogen-bond donors (Lipinski definition) is 1. The van der Waals surface area contributed by atoms with Gasteiger partial charge in [-0.05, 0) is 39.7 Å². The summed E-state index contributed by atoms with van der Waals surface area (Å²) in [6.45, 7) is 8.74. The van der Waals surface area contributed by atoms with Gasteiger partial charge in [-0.3, -0.25) is 4.68 Å². The number of nitrogens with one attached hydrogen (secondary N) is 1. The number of nitrogens with zero attached hydrogens (tertiary/aromatic N) is 2. The van der Waals surface area contributed by atoms with Crippen LogP contribution in [0.15, 0.2) is 6.20 Å². The van der Waals surface area contributed by atoms with Gasteiger partial charge in [0.05, 0.1) is 23.0 Å². The van der Waals surface area contributed by atoms with E-state index in [-0.39, 0.29) is 6.04 Å². The minimum atomic E-state index is 0.287. The highest BCUT2D eigenvalue weighted by molar-refractivity contribution is 6.31. The van der Waals surface area contributed by atoms with Crippen molar-refractivity contribution in [2.24, 2.45) is 5.92 Å². The van der Waals surface area contributed by atoms with Crippen molar-refractivity contribution in [3.8, 4) is 0 Å². The van der Waals surface area contributed by atoms with Crippen LogP contribution in [0.1, 0.15) is 58.3 Å². The molecule has 3 nitrogen and oxygen atoms in total. The molecule has 1 N–H and O–H groups in total. The van der Waals surface area contributed by atoms with E-state index in [1.807, 2.05) is 11.7 Å². The van der Waals surface area contributed by atoms with E-state index in [0.29, 0.717) is 12.0 Å². The summed E-state index contributed by atoms with van der Waals surface area (Å²) in [5.74, 6) is 0.708. The Balaban J connectivity index is 2.90. The van der Waals surface area contributed by atoms with Gasteiger partial charge in [-0.25, -0.2) is 0 Å². The Hall–Kier alpha value is -0.540. The van der Waals surface area contributed by atoms with E-state index < -0.39 is 0 Å². The summed E-state index contributed by atoms with van der Waals surface area (Å²) in [4.78, 5) is 0. The molecule has 17 heavy (non-hydrogen) atoms. The van der Waals surface area contributed by atoms with Crippen LogP contribution in [-0.2, 0) is 0 Å². The van der Waals surface area contributed by atoms with Crippen molar-refractivity contribution in [1.29, 1.82) is 0 Å². The van der Waals surface area contributed by atoms with Gasteiger partial charge >= 0.3 is 0 Å². The lowest BCUT2D eigenvalue weighted by atomic mass is 10.0. The van der Waals surface area contributed by atoms with Crippen molar-refractivity contribution < 1.29 is 0 Å². The van der Waals surface area contributed by atoms with Gasteiger partial charge in [-0.2, -0.15) is 5.10 Å². The Kier molecular flexibility index (Phi) is 5.47. The molecule has 0 amide bonds. The Morgan fingerprint density at radius 1 is 1.29 bits per heavy atom.